The molecular weight excluding hydrogens is 310 g/mol. The molecule has 0 aliphatic rings. The summed E-state index contributed by atoms with van der Waals surface area (Å²) in [6.07, 6.45) is 1.13. The number of rotatable bonds is 6. The minimum atomic E-state index is -4.11. The first-order valence-corrected chi connectivity index (χ1v) is 7.46. The maximum Gasteiger partial charge on any atom is 0.243 e. The van der Waals surface area contributed by atoms with E-state index in [0.717, 1.165) is 12.1 Å². The van der Waals surface area contributed by atoms with Crippen LogP contribution in [0.1, 0.15) is 26.7 Å². The largest absolute Gasteiger partial charge is 0.324 e. The van der Waals surface area contributed by atoms with Crippen molar-refractivity contribution < 1.29 is 17.2 Å². The molecule has 0 aromatic heterocycles. The zero-order valence-corrected chi connectivity index (χ0v) is 13.0. The van der Waals surface area contributed by atoms with Crippen LogP contribution in [0.25, 0.3) is 0 Å². The molecule has 0 aliphatic carbocycles. The maximum atomic E-state index is 13.4. The number of nitrogens with one attached hydrogen (secondary N) is 1. The molecule has 0 fully saturated rings. The molecule has 3 N–H and O–H groups in total. The molecule has 20 heavy (non-hydrogen) atoms. The molecule has 0 saturated carbocycles. The van der Waals surface area contributed by atoms with Crippen LogP contribution in [0, 0.1) is 11.6 Å². The molecule has 0 atom stereocenters. The second kappa shape index (κ2) is 7.31. The highest BCUT2D eigenvalue weighted by atomic mass is 35.5. The Kier molecular flexibility index (Phi) is 7.03. The van der Waals surface area contributed by atoms with Gasteiger partial charge in [0.05, 0.1) is 0 Å². The lowest BCUT2D eigenvalue weighted by atomic mass is 9.95. The van der Waals surface area contributed by atoms with E-state index in [1.54, 1.807) is 0 Å². The van der Waals surface area contributed by atoms with E-state index in [-0.39, 0.29) is 19.0 Å². The summed E-state index contributed by atoms with van der Waals surface area (Å²) in [7, 11) is -4.11. The summed E-state index contributed by atoms with van der Waals surface area (Å²) >= 11 is 0. The number of hydrogen-bond acceptors (Lipinski definition) is 3. The molecule has 116 valence electrons. The average molecular weight is 329 g/mol. The summed E-state index contributed by atoms with van der Waals surface area (Å²) < 4.78 is 52.5. The Morgan fingerprint density at radius 2 is 1.80 bits per heavy atom. The number of hydrogen-bond donors (Lipinski definition) is 2. The molecule has 0 saturated heterocycles. The Balaban J connectivity index is 0.00000361. The van der Waals surface area contributed by atoms with Crippen LogP contribution < -0.4 is 10.5 Å². The van der Waals surface area contributed by atoms with E-state index < -0.39 is 32.1 Å². The van der Waals surface area contributed by atoms with Crippen molar-refractivity contribution in [3.05, 3.63) is 29.8 Å². The van der Waals surface area contributed by atoms with Crippen LogP contribution in [0.3, 0.4) is 0 Å². The van der Waals surface area contributed by atoms with Crippen molar-refractivity contribution in [1.82, 2.24) is 4.72 Å². The van der Waals surface area contributed by atoms with Crippen LogP contribution in [-0.2, 0) is 10.0 Å². The highest BCUT2D eigenvalue weighted by Gasteiger charge is 2.26. The zero-order valence-electron chi connectivity index (χ0n) is 11.3. The van der Waals surface area contributed by atoms with E-state index >= 15 is 0 Å². The van der Waals surface area contributed by atoms with Crippen molar-refractivity contribution in [3.63, 3.8) is 0 Å². The van der Waals surface area contributed by atoms with E-state index in [9.17, 15) is 17.2 Å². The molecule has 1 rings (SSSR count). The van der Waals surface area contributed by atoms with Gasteiger partial charge in [-0.2, -0.15) is 0 Å². The van der Waals surface area contributed by atoms with Crippen LogP contribution in [0.2, 0.25) is 0 Å². The number of nitrogens with two attached hydrogens (primary N) is 1. The van der Waals surface area contributed by atoms with Crippen molar-refractivity contribution in [2.75, 3.05) is 6.54 Å². The molecule has 0 unspecified atom stereocenters. The average Bonchev–Trinajstić information content (AvgIpc) is 2.39. The Bertz CT molecular complexity index is 548. The summed E-state index contributed by atoms with van der Waals surface area (Å²) in [5, 5.41) is 0. The summed E-state index contributed by atoms with van der Waals surface area (Å²) in [6, 6.07) is 2.28. The van der Waals surface area contributed by atoms with Gasteiger partial charge in [0.25, 0.3) is 0 Å². The maximum absolute atomic E-state index is 13.4. The molecule has 1 aromatic rings. The zero-order chi connectivity index (χ0) is 14.7. The smallest absolute Gasteiger partial charge is 0.243 e. The van der Waals surface area contributed by atoms with E-state index in [4.69, 9.17) is 5.73 Å². The van der Waals surface area contributed by atoms with Gasteiger partial charge in [-0.3, -0.25) is 0 Å². The van der Waals surface area contributed by atoms with Crippen molar-refractivity contribution in [1.29, 1.82) is 0 Å². The Morgan fingerprint density at radius 3 is 2.30 bits per heavy atom. The Labute approximate surface area is 124 Å². The molecule has 1 aromatic carbocycles. The lowest BCUT2D eigenvalue weighted by Crippen LogP contribution is -2.49. The predicted molar refractivity (Wildman–Crippen MR) is 76.3 cm³/mol. The highest BCUT2D eigenvalue weighted by molar-refractivity contribution is 7.89. The van der Waals surface area contributed by atoms with Gasteiger partial charge in [0.15, 0.2) is 0 Å². The lowest BCUT2D eigenvalue weighted by molar-refractivity contribution is 0.391. The van der Waals surface area contributed by atoms with E-state index in [0.29, 0.717) is 18.9 Å². The molecule has 0 amide bonds. The third kappa shape index (κ3) is 4.66. The molecule has 0 heterocycles. The third-order valence-corrected chi connectivity index (χ3v) is 4.62. The fourth-order valence-corrected chi connectivity index (χ4v) is 2.73. The standard InChI is InChI=1S/C12H18F2N2O2S.ClH/c1-3-12(15,4-2)8-16-19(17,18)11-7-9(13)5-6-10(11)14;/h5-7,16H,3-4,8,15H2,1-2H3;1H. The van der Waals surface area contributed by atoms with Crippen LogP contribution in [0.15, 0.2) is 23.1 Å². The minimum Gasteiger partial charge on any atom is -0.324 e. The topological polar surface area (TPSA) is 72.2 Å². The van der Waals surface area contributed by atoms with Gasteiger partial charge < -0.3 is 5.73 Å². The normalized spacial score (nSPS) is 12.1. The van der Waals surface area contributed by atoms with Gasteiger partial charge >= 0.3 is 0 Å². The van der Waals surface area contributed by atoms with E-state index in [1.807, 2.05) is 13.8 Å². The van der Waals surface area contributed by atoms with Crippen LogP contribution in [0.4, 0.5) is 8.78 Å². The van der Waals surface area contributed by atoms with E-state index in [1.165, 1.54) is 0 Å². The fourth-order valence-electron chi connectivity index (χ4n) is 1.50. The summed E-state index contributed by atoms with van der Waals surface area (Å²) in [5.74, 6) is -1.81. The molecule has 8 heteroatoms. The van der Waals surface area contributed by atoms with Crippen molar-refractivity contribution in [2.45, 2.75) is 37.1 Å². The SMILES string of the molecule is CCC(N)(CC)CNS(=O)(=O)c1cc(F)ccc1F.Cl. The molecule has 4 nitrogen and oxygen atoms in total. The van der Waals surface area contributed by atoms with Crippen molar-refractivity contribution >= 4 is 22.4 Å². The Hall–Kier alpha value is -0.760. The van der Waals surface area contributed by atoms with Gasteiger partial charge in [0.1, 0.15) is 16.5 Å². The molecule has 0 aliphatic heterocycles. The van der Waals surface area contributed by atoms with Gasteiger partial charge in [-0.1, -0.05) is 13.8 Å². The van der Waals surface area contributed by atoms with Gasteiger partial charge in [-0.05, 0) is 31.0 Å². The second-order valence-electron chi connectivity index (χ2n) is 4.47. The van der Waals surface area contributed by atoms with Crippen molar-refractivity contribution in [2.24, 2.45) is 5.73 Å². The second-order valence-corrected chi connectivity index (χ2v) is 6.20. The molecular formula is C12H19ClF2N2O2S. The van der Waals surface area contributed by atoms with Gasteiger partial charge in [-0.15, -0.1) is 12.4 Å². The first-order valence-electron chi connectivity index (χ1n) is 5.97. The Morgan fingerprint density at radius 1 is 1.25 bits per heavy atom. The monoisotopic (exact) mass is 328 g/mol. The van der Waals surface area contributed by atoms with Gasteiger partial charge in [0.2, 0.25) is 10.0 Å². The summed E-state index contributed by atoms with van der Waals surface area (Å²) in [4.78, 5) is -0.706. The summed E-state index contributed by atoms with van der Waals surface area (Å²) in [5.41, 5.74) is 5.26. The molecule has 0 spiro atoms. The van der Waals surface area contributed by atoms with E-state index in [2.05, 4.69) is 4.72 Å². The quantitative estimate of drug-likeness (QED) is 0.840. The first-order chi connectivity index (χ1) is 8.74. The molecule has 0 bridgehead atoms. The van der Waals surface area contributed by atoms with Crippen LogP contribution in [-0.4, -0.2) is 20.5 Å². The predicted octanol–water partition coefficient (Wildman–Crippen LogP) is 2.18. The number of halogens is 3. The number of benzene rings is 1. The van der Waals surface area contributed by atoms with Gasteiger partial charge in [0, 0.05) is 12.1 Å². The van der Waals surface area contributed by atoms with Crippen molar-refractivity contribution in [3.8, 4) is 0 Å². The lowest BCUT2D eigenvalue weighted by Gasteiger charge is -2.26. The first kappa shape index (κ1) is 19.2. The highest BCUT2D eigenvalue weighted by Crippen LogP contribution is 2.17. The van der Waals surface area contributed by atoms with Crippen LogP contribution >= 0.6 is 12.4 Å². The molecule has 0 radical (unpaired) electrons. The summed E-state index contributed by atoms with van der Waals surface area (Å²) in [6.45, 7) is 3.64. The van der Waals surface area contributed by atoms with Crippen LogP contribution in [0.5, 0.6) is 0 Å². The number of sulfonamides is 1. The fraction of sp³-hybridized carbons (Fsp3) is 0.500. The van der Waals surface area contributed by atoms with Gasteiger partial charge in [-0.25, -0.2) is 21.9 Å². The third-order valence-electron chi connectivity index (χ3n) is 3.21. The minimum absolute atomic E-state index is 0.